The van der Waals surface area contributed by atoms with Crippen molar-refractivity contribution in [3.05, 3.63) is 29.8 Å². The summed E-state index contributed by atoms with van der Waals surface area (Å²) in [5, 5.41) is 2.99. The molecule has 1 N–H and O–H groups in total. The van der Waals surface area contributed by atoms with E-state index in [-0.39, 0.29) is 6.04 Å². The van der Waals surface area contributed by atoms with Crippen LogP contribution in [0.4, 0.5) is 18.9 Å². The number of nitrogens with one attached hydrogen (secondary N) is 1. The van der Waals surface area contributed by atoms with Crippen molar-refractivity contribution in [2.75, 3.05) is 18.5 Å². The minimum Gasteiger partial charge on any atom is -0.359 e. The molecule has 1 saturated carbocycles. The maximum absolute atomic E-state index is 12.6. The van der Waals surface area contributed by atoms with E-state index in [4.69, 9.17) is 0 Å². The second-order valence-electron chi connectivity index (χ2n) is 4.63. The molecule has 0 heterocycles. The van der Waals surface area contributed by atoms with Crippen LogP contribution in [-0.2, 0) is 6.54 Å². The van der Waals surface area contributed by atoms with Gasteiger partial charge < -0.3 is 10.2 Å². The molecule has 1 aliphatic rings. The number of halogens is 3. The summed E-state index contributed by atoms with van der Waals surface area (Å²) < 4.78 is 37.9. The van der Waals surface area contributed by atoms with Crippen molar-refractivity contribution in [2.24, 2.45) is 0 Å². The third kappa shape index (κ3) is 3.38. The fourth-order valence-electron chi connectivity index (χ4n) is 2.12. The normalized spacial score (nSPS) is 15.8. The zero-order chi connectivity index (χ0) is 13.2. The van der Waals surface area contributed by atoms with E-state index >= 15 is 0 Å². The first-order valence-corrected chi connectivity index (χ1v) is 6.07. The first kappa shape index (κ1) is 13.2. The average Bonchev–Trinajstić information content (AvgIpc) is 3.10. The lowest BCUT2D eigenvalue weighted by atomic mass is 10.1. The maximum atomic E-state index is 12.6. The Kier molecular flexibility index (Phi) is 3.80. The predicted molar refractivity (Wildman–Crippen MR) is 65.6 cm³/mol. The highest BCUT2D eigenvalue weighted by Gasteiger charge is 2.38. The number of hydrogen-bond acceptors (Lipinski definition) is 2. The molecule has 0 unspecified atom stereocenters. The van der Waals surface area contributed by atoms with E-state index in [0.717, 1.165) is 18.4 Å². The third-order valence-electron chi connectivity index (χ3n) is 3.01. The first-order chi connectivity index (χ1) is 8.51. The van der Waals surface area contributed by atoms with Gasteiger partial charge >= 0.3 is 6.18 Å². The molecule has 0 atom stereocenters. The van der Waals surface area contributed by atoms with Gasteiger partial charge in [-0.2, -0.15) is 13.2 Å². The fraction of sp³-hybridized carbons (Fsp3) is 0.538. The second kappa shape index (κ2) is 5.18. The topological polar surface area (TPSA) is 15.3 Å². The van der Waals surface area contributed by atoms with Gasteiger partial charge in [-0.3, -0.25) is 0 Å². The molecular formula is C13H17F3N2. The maximum Gasteiger partial charge on any atom is 0.405 e. The van der Waals surface area contributed by atoms with Crippen LogP contribution in [0.15, 0.2) is 24.3 Å². The smallest absolute Gasteiger partial charge is 0.359 e. The minimum atomic E-state index is -4.16. The van der Waals surface area contributed by atoms with Crippen molar-refractivity contribution in [3.63, 3.8) is 0 Å². The summed E-state index contributed by atoms with van der Waals surface area (Å²) in [5.41, 5.74) is 1.61. The van der Waals surface area contributed by atoms with Gasteiger partial charge in [-0.25, -0.2) is 0 Å². The molecule has 5 heteroatoms. The molecule has 100 valence electrons. The van der Waals surface area contributed by atoms with Crippen LogP contribution in [-0.4, -0.2) is 25.8 Å². The molecule has 1 aliphatic carbocycles. The van der Waals surface area contributed by atoms with E-state index in [0.29, 0.717) is 12.2 Å². The van der Waals surface area contributed by atoms with Crippen molar-refractivity contribution in [2.45, 2.75) is 31.6 Å². The van der Waals surface area contributed by atoms with Gasteiger partial charge in [0.15, 0.2) is 0 Å². The lowest BCUT2D eigenvalue weighted by molar-refractivity contribution is -0.120. The van der Waals surface area contributed by atoms with Crippen molar-refractivity contribution in [3.8, 4) is 0 Å². The Labute approximate surface area is 105 Å². The molecule has 1 fully saturated rings. The summed E-state index contributed by atoms with van der Waals surface area (Å²) in [4.78, 5) is 1.49. The number of rotatable bonds is 5. The number of benzene rings is 1. The average molecular weight is 258 g/mol. The first-order valence-electron chi connectivity index (χ1n) is 6.07. The molecule has 0 spiro atoms. The van der Waals surface area contributed by atoms with Crippen LogP contribution < -0.4 is 10.2 Å². The van der Waals surface area contributed by atoms with Crippen molar-refractivity contribution in [1.29, 1.82) is 0 Å². The van der Waals surface area contributed by atoms with E-state index in [1.54, 1.807) is 19.2 Å². The zero-order valence-corrected chi connectivity index (χ0v) is 10.3. The number of hydrogen-bond donors (Lipinski definition) is 1. The minimum absolute atomic E-state index is 0.0460. The summed E-state index contributed by atoms with van der Waals surface area (Å²) in [7, 11) is 1.79. The van der Waals surface area contributed by atoms with Crippen LogP contribution in [0.3, 0.4) is 0 Å². The number of para-hydroxylation sites is 1. The Hall–Kier alpha value is -1.23. The summed E-state index contributed by atoms with van der Waals surface area (Å²) in [6.07, 6.45) is -2.46. The van der Waals surface area contributed by atoms with Crippen molar-refractivity contribution in [1.82, 2.24) is 5.32 Å². The van der Waals surface area contributed by atoms with Crippen LogP contribution >= 0.6 is 0 Å². The van der Waals surface area contributed by atoms with Gasteiger partial charge in [-0.15, -0.1) is 0 Å². The summed E-state index contributed by atoms with van der Waals surface area (Å²) in [5.74, 6) is 0. The Morgan fingerprint density at radius 3 is 2.50 bits per heavy atom. The standard InChI is InChI=1S/C13H17F3N2/c1-17-8-10-4-2-3-5-12(10)18(11-6-7-11)9-13(14,15)16/h2-5,11,17H,6-9H2,1H3. The Bertz CT molecular complexity index is 399. The van der Waals surface area contributed by atoms with Gasteiger partial charge in [0.1, 0.15) is 6.54 Å². The zero-order valence-electron chi connectivity index (χ0n) is 10.3. The third-order valence-corrected chi connectivity index (χ3v) is 3.01. The SMILES string of the molecule is CNCc1ccccc1N(CC(F)(F)F)C1CC1. The lowest BCUT2D eigenvalue weighted by Gasteiger charge is -2.28. The monoisotopic (exact) mass is 258 g/mol. The summed E-state index contributed by atoms with van der Waals surface area (Å²) in [6.45, 7) is -0.282. The molecule has 0 aromatic heterocycles. The Balaban J connectivity index is 2.24. The lowest BCUT2D eigenvalue weighted by Crippen LogP contribution is -2.36. The second-order valence-corrected chi connectivity index (χ2v) is 4.63. The Morgan fingerprint density at radius 1 is 1.28 bits per heavy atom. The van der Waals surface area contributed by atoms with Gasteiger partial charge in [0.2, 0.25) is 0 Å². The summed E-state index contributed by atoms with van der Waals surface area (Å²) in [6, 6.07) is 7.34. The Morgan fingerprint density at radius 2 is 1.94 bits per heavy atom. The highest BCUT2D eigenvalue weighted by Crippen LogP contribution is 2.35. The molecule has 0 radical (unpaired) electrons. The van der Waals surface area contributed by atoms with E-state index < -0.39 is 12.7 Å². The molecule has 1 aromatic rings. The van der Waals surface area contributed by atoms with Crippen molar-refractivity contribution < 1.29 is 13.2 Å². The van der Waals surface area contributed by atoms with Gasteiger partial charge in [-0.05, 0) is 31.5 Å². The molecule has 0 aliphatic heterocycles. The molecular weight excluding hydrogens is 241 g/mol. The molecule has 0 bridgehead atoms. The van der Waals surface area contributed by atoms with Crippen LogP contribution in [0.25, 0.3) is 0 Å². The van der Waals surface area contributed by atoms with Crippen LogP contribution in [0.1, 0.15) is 18.4 Å². The molecule has 0 amide bonds. The fourth-order valence-corrected chi connectivity index (χ4v) is 2.12. The largest absolute Gasteiger partial charge is 0.405 e. The predicted octanol–water partition coefficient (Wildman–Crippen LogP) is 2.94. The quantitative estimate of drug-likeness (QED) is 0.873. The number of alkyl halides is 3. The summed E-state index contributed by atoms with van der Waals surface area (Å²) >= 11 is 0. The van der Waals surface area contributed by atoms with Gasteiger partial charge in [0.25, 0.3) is 0 Å². The number of nitrogens with zero attached hydrogens (tertiary/aromatic N) is 1. The van der Waals surface area contributed by atoms with Gasteiger partial charge in [0, 0.05) is 18.3 Å². The van der Waals surface area contributed by atoms with Gasteiger partial charge in [-0.1, -0.05) is 18.2 Å². The van der Waals surface area contributed by atoms with Crippen molar-refractivity contribution >= 4 is 5.69 Å². The van der Waals surface area contributed by atoms with Crippen LogP contribution in [0.2, 0.25) is 0 Å². The van der Waals surface area contributed by atoms with E-state index in [2.05, 4.69) is 5.32 Å². The molecule has 18 heavy (non-hydrogen) atoms. The highest BCUT2D eigenvalue weighted by molar-refractivity contribution is 5.55. The van der Waals surface area contributed by atoms with E-state index in [9.17, 15) is 13.2 Å². The molecule has 0 saturated heterocycles. The van der Waals surface area contributed by atoms with E-state index in [1.165, 1.54) is 4.90 Å². The van der Waals surface area contributed by atoms with E-state index in [1.807, 2.05) is 12.1 Å². The van der Waals surface area contributed by atoms with Crippen LogP contribution in [0.5, 0.6) is 0 Å². The molecule has 2 rings (SSSR count). The highest BCUT2D eigenvalue weighted by atomic mass is 19.4. The molecule has 1 aromatic carbocycles. The van der Waals surface area contributed by atoms with Gasteiger partial charge in [0.05, 0.1) is 0 Å². The molecule has 2 nitrogen and oxygen atoms in total. The van der Waals surface area contributed by atoms with Crippen LogP contribution in [0, 0.1) is 0 Å². The number of anilines is 1.